The summed E-state index contributed by atoms with van der Waals surface area (Å²) in [6.07, 6.45) is 4.26. The van der Waals surface area contributed by atoms with Gasteiger partial charge in [0, 0.05) is 18.4 Å². The van der Waals surface area contributed by atoms with Crippen molar-refractivity contribution in [2.45, 2.75) is 39.3 Å². The van der Waals surface area contributed by atoms with Crippen molar-refractivity contribution in [3.8, 4) is 5.75 Å². The van der Waals surface area contributed by atoms with Gasteiger partial charge in [0.05, 0.1) is 0 Å². The van der Waals surface area contributed by atoms with Crippen LogP contribution in [0.3, 0.4) is 0 Å². The number of aromatic nitrogens is 1. The van der Waals surface area contributed by atoms with Crippen LogP contribution in [0.2, 0.25) is 0 Å². The number of benzene rings is 1. The van der Waals surface area contributed by atoms with E-state index in [1.807, 2.05) is 18.2 Å². The first kappa shape index (κ1) is 14.5. The molecular formula is C17H22N2O. The molecule has 2 aromatic rings. The van der Waals surface area contributed by atoms with Crippen molar-refractivity contribution in [2.24, 2.45) is 5.73 Å². The summed E-state index contributed by atoms with van der Waals surface area (Å²) in [4.78, 5) is 4.05. The zero-order valence-electron chi connectivity index (χ0n) is 12.3. The second-order valence-corrected chi connectivity index (χ2v) is 5.14. The normalized spacial score (nSPS) is 13.8. The Kier molecular flexibility index (Phi) is 4.74. The number of aryl methyl sites for hydroxylation is 2. The fourth-order valence-electron chi connectivity index (χ4n) is 2.10. The molecule has 0 spiro atoms. The Morgan fingerprint density at radius 2 is 1.80 bits per heavy atom. The molecule has 0 aliphatic rings. The van der Waals surface area contributed by atoms with Crippen LogP contribution >= 0.6 is 0 Å². The number of rotatable bonds is 5. The zero-order valence-corrected chi connectivity index (χ0v) is 12.3. The number of nitrogens with two attached hydrogens (primary N) is 1. The minimum atomic E-state index is -0.148. The Balaban J connectivity index is 2.26. The highest BCUT2D eigenvalue weighted by molar-refractivity contribution is 5.34. The van der Waals surface area contributed by atoms with E-state index < -0.39 is 0 Å². The highest BCUT2D eigenvalue weighted by Gasteiger charge is 2.20. The van der Waals surface area contributed by atoms with Crippen LogP contribution in [-0.4, -0.2) is 11.0 Å². The second kappa shape index (κ2) is 6.53. The third-order valence-electron chi connectivity index (χ3n) is 3.64. The lowest BCUT2D eigenvalue weighted by atomic mass is 10.0. The van der Waals surface area contributed by atoms with Gasteiger partial charge in [-0.15, -0.1) is 0 Å². The van der Waals surface area contributed by atoms with Crippen LogP contribution in [0.15, 0.2) is 42.7 Å². The molecule has 0 saturated heterocycles. The Labute approximate surface area is 120 Å². The fraction of sp³-hybridized carbons (Fsp3) is 0.353. The largest absolute Gasteiger partial charge is 0.484 e. The van der Waals surface area contributed by atoms with Gasteiger partial charge in [0.25, 0.3) is 0 Å². The lowest BCUT2D eigenvalue weighted by Crippen LogP contribution is -2.31. The molecule has 2 rings (SSSR count). The summed E-state index contributed by atoms with van der Waals surface area (Å²) in [5, 5.41) is 0. The molecule has 3 heteroatoms. The average molecular weight is 270 g/mol. The van der Waals surface area contributed by atoms with Crippen LogP contribution < -0.4 is 10.5 Å². The van der Waals surface area contributed by atoms with E-state index in [-0.39, 0.29) is 12.1 Å². The molecule has 2 atom stereocenters. The molecule has 1 heterocycles. The minimum absolute atomic E-state index is 0.0426. The Bertz CT molecular complexity index is 554. The van der Waals surface area contributed by atoms with Gasteiger partial charge in [-0.2, -0.15) is 0 Å². The molecule has 0 bridgehead atoms. The minimum Gasteiger partial charge on any atom is -0.484 e. The van der Waals surface area contributed by atoms with E-state index in [0.29, 0.717) is 0 Å². The van der Waals surface area contributed by atoms with Crippen molar-refractivity contribution in [3.05, 3.63) is 59.4 Å². The summed E-state index contributed by atoms with van der Waals surface area (Å²) >= 11 is 0. The predicted molar refractivity (Wildman–Crippen MR) is 81.8 cm³/mol. The molecule has 1 aromatic heterocycles. The van der Waals surface area contributed by atoms with Gasteiger partial charge < -0.3 is 10.5 Å². The number of hydrogen-bond donors (Lipinski definition) is 1. The first-order valence-corrected chi connectivity index (χ1v) is 7.01. The summed E-state index contributed by atoms with van der Waals surface area (Å²) in [5.74, 6) is 0.860. The molecule has 0 radical (unpaired) electrons. The molecule has 0 fully saturated rings. The molecule has 0 saturated carbocycles. The van der Waals surface area contributed by atoms with Gasteiger partial charge in [-0.25, -0.2) is 0 Å². The number of pyridine rings is 1. The molecular weight excluding hydrogens is 248 g/mol. The summed E-state index contributed by atoms with van der Waals surface area (Å²) in [7, 11) is 0. The first-order chi connectivity index (χ1) is 9.61. The van der Waals surface area contributed by atoms with Crippen LogP contribution in [0.5, 0.6) is 5.75 Å². The van der Waals surface area contributed by atoms with Crippen LogP contribution in [0.4, 0.5) is 0 Å². The van der Waals surface area contributed by atoms with E-state index >= 15 is 0 Å². The van der Waals surface area contributed by atoms with E-state index in [0.717, 1.165) is 17.7 Å². The van der Waals surface area contributed by atoms with Crippen LogP contribution in [0.25, 0.3) is 0 Å². The highest BCUT2D eigenvalue weighted by Crippen LogP contribution is 2.26. The molecule has 2 unspecified atom stereocenters. The Hall–Kier alpha value is -1.87. The van der Waals surface area contributed by atoms with Crippen LogP contribution in [0.1, 0.15) is 36.1 Å². The van der Waals surface area contributed by atoms with Gasteiger partial charge in [0.15, 0.2) is 0 Å². The summed E-state index contributed by atoms with van der Waals surface area (Å²) in [6.45, 7) is 6.25. The lowest BCUT2D eigenvalue weighted by molar-refractivity contribution is 0.171. The summed E-state index contributed by atoms with van der Waals surface area (Å²) in [6, 6.07) is 10.0. The number of ether oxygens (including phenoxy) is 1. The summed E-state index contributed by atoms with van der Waals surface area (Å²) in [5.41, 5.74) is 9.77. The zero-order chi connectivity index (χ0) is 14.5. The molecule has 3 nitrogen and oxygen atoms in total. The molecule has 0 aliphatic carbocycles. The fourth-order valence-corrected chi connectivity index (χ4v) is 2.10. The van der Waals surface area contributed by atoms with Crippen LogP contribution in [-0.2, 0) is 0 Å². The molecule has 0 amide bonds. The lowest BCUT2D eigenvalue weighted by Gasteiger charge is -2.25. The highest BCUT2D eigenvalue weighted by atomic mass is 16.5. The van der Waals surface area contributed by atoms with Gasteiger partial charge in [-0.05, 0) is 61.2 Å². The van der Waals surface area contributed by atoms with Crippen molar-refractivity contribution in [2.75, 3.05) is 0 Å². The van der Waals surface area contributed by atoms with E-state index in [1.54, 1.807) is 12.4 Å². The van der Waals surface area contributed by atoms with Gasteiger partial charge in [0.2, 0.25) is 0 Å². The van der Waals surface area contributed by atoms with Gasteiger partial charge in [-0.3, -0.25) is 4.98 Å². The quantitative estimate of drug-likeness (QED) is 0.903. The smallest absolute Gasteiger partial charge is 0.139 e. The average Bonchev–Trinajstić information content (AvgIpc) is 2.48. The van der Waals surface area contributed by atoms with Gasteiger partial charge >= 0.3 is 0 Å². The second-order valence-electron chi connectivity index (χ2n) is 5.14. The van der Waals surface area contributed by atoms with E-state index in [2.05, 4.69) is 37.9 Å². The van der Waals surface area contributed by atoms with Gasteiger partial charge in [0.1, 0.15) is 11.9 Å². The maximum absolute atomic E-state index is 6.22. The third kappa shape index (κ3) is 3.36. The van der Waals surface area contributed by atoms with Gasteiger partial charge in [-0.1, -0.05) is 13.0 Å². The Morgan fingerprint density at radius 3 is 2.40 bits per heavy atom. The van der Waals surface area contributed by atoms with Crippen LogP contribution in [0, 0.1) is 13.8 Å². The Morgan fingerprint density at radius 1 is 1.10 bits per heavy atom. The topological polar surface area (TPSA) is 48.1 Å². The van der Waals surface area contributed by atoms with Crippen molar-refractivity contribution in [1.29, 1.82) is 0 Å². The van der Waals surface area contributed by atoms with E-state index in [1.165, 1.54) is 11.1 Å². The molecule has 1 aromatic carbocycles. The van der Waals surface area contributed by atoms with Crippen molar-refractivity contribution in [3.63, 3.8) is 0 Å². The van der Waals surface area contributed by atoms with E-state index in [9.17, 15) is 0 Å². The first-order valence-electron chi connectivity index (χ1n) is 7.01. The third-order valence-corrected chi connectivity index (χ3v) is 3.64. The monoisotopic (exact) mass is 270 g/mol. The number of nitrogens with zero attached hydrogens (tertiary/aromatic N) is 1. The number of hydrogen-bond acceptors (Lipinski definition) is 3. The SMILES string of the molecule is CCC(N)C(Oc1ccc(C)c(C)c1)c1ccncc1. The van der Waals surface area contributed by atoms with Crippen molar-refractivity contribution in [1.82, 2.24) is 4.98 Å². The van der Waals surface area contributed by atoms with Crippen molar-refractivity contribution >= 4 is 0 Å². The maximum atomic E-state index is 6.22. The van der Waals surface area contributed by atoms with E-state index in [4.69, 9.17) is 10.5 Å². The predicted octanol–water partition coefficient (Wildman–Crippen LogP) is 3.56. The van der Waals surface area contributed by atoms with Crippen molar-refractivity contribution < 1.29 is 4.74 Å². The summed E-state index contributed by atoms with van der Waals surface area (Å²) < 4.78 is 6.14. The maximum Gasteiger partial charge on any atom is 0.139 e. The molecule has 2 N–H and O–H groups in total. The molecule has 20 heavy (non-hydrogen) atoms. The molecule has 106 valence electrons. The molecule has 0 aliphatic heterocycles. The standard InChI is InChI=1S/C17H22N2O/c1-4-16(18)17(14-7-9-19-10-8-14)20-15-6-5-12(2)13(3)11-15/h5-11,16-17H,4,18H2,1-3H3.